The predicted molar refractivity (Wildman–Crippen MR) is 388 cm³/mol. The topological polar surface area (TPSA) is 199 Å². The molecule has 3 aromatic heterocycles. The lowest BCUT2D eigenvalue weighted by molar-refractivity contribution is -0.121. The fourth-order valence-electron chi connectivity index (χ4n) is 10.5. The molecule has 2 N–H and O–H groups in total. The molecule has 2 aliphatic heterocycles. The van der Waals surface area contributed by atoms with Crippen LogP contribution in [0.5, 0.6) is 0 Å². The van der Waals surface area contributed by atoms with Gasteiger partial charge in [0.05, 0.1) is 47.1 Å². The van der Waals surface area contributed by atoms with E-state index in [2.05, 4.69) is 35.7 Å². The first-order valence-electron chi connectivity index (χ1n) is 32.8. The molecule has 5 heterocycles. The number of amides is 3. The minimum absolute atomic E-state index is 0.0110. The molecule has 7 aromatic rings. The molecule has 0 spiro atoms. The third kappa shape index (κ3) is 24.3. The molecule has 1 saturated heterocycles. The van der Waals surface area contributed by atoms with E-state index in [1.165, 1.54) is 129 Å². The summed E-state index contributed by atoms with van der Waals surface area (Å²) in [6.45, 7) is 20.7. The molecular formula is C69H97N7O9S6. The fourth-order valence-corrected chi connectivity index (χ4v) is 16.3. The zero-order valence-corrected chi connectivity index (χ0v) is 59.7. The zero-order valence-electron chi connectivity index (χ0n) is 54.8. The van der Waals surface area contributed by atoms with E-state index in [0.717, 1.165) is 80.2 Å². The van der Waals surface area contributed by atoms with Gasteiger partial charge in [-0.2, -0.15) is 0 Å². The molecule has 0 bridgehead atoms. The number of benzene rings is 4. The number of fused-ring (bicyclic) bond motifs is 4. The van der Waals surface area contributed by atoms with Gasteiger partial charge in [-0.15, -0.1) is 0 Å². The van der Waals surface area contributed by atoms with Crippen molar-refractivity contribution in [3.05, 3.63) is 133 Å². The average Bonchev–Trinajstić information content (AvgIpc) is 1.87. The monoisotopic (exact) mass is 1360 g/mol. The number of carbonyl (C=O) groups excluding carboxylic acids is 4. The Hall–Kier alpha value is -5.78. The summed E-state index contributed by atoms with van der Waals surface area (Å²) in [4.78, 5) is 85.2. The number of Topliss-reactive ketones (excluding diaryl/α,β-unsaturated/α-hetero) is 1. The number of nitrogens with one attached hydrogen (secondary N) is 2. The predicted octanol–water partition coefficient (Wildman–Crippen LogP) is 15.8. The molecule has 498 valence electrons. The van der Waals surface area contributed by atoms with Gasteiger partial charge in [-0.05, 0) is 108 Å². The van der Waals surface area contributed by atoms with Gasteiger partial charge >= 0.3 is 0 Å². The first-order valence-corrected chi connectivity index (χ1v) is 38.1. The SMILES string of the molecule is CC(=O)CCn1sc2ccccc2c1=O.CCCCCCCCCCCCS(=O)(=O)Nc1ccc2sn(CC)c(=O)c2c1.CCCCCCCCCCNC(=O)CC1CN(CC)C(=S)S1.CCN1C(=O)c2cccc(C)c2C1=O.CCn1sc2ccccc2c1=O. The second-order valence-electron chi connectivity index (χ2n) is 22.9. The Kier molecular flexibility index (Phi) is 33.7. The van der Waals surface area contributed by atoms with Crippen LogP contribution in [0.3, 0.4) is 0 Å². The first-order chi connectivity index (χ1) is 43.8. The zero-order chi connectivity index (χ0) is 66.3. The van der Waals surface area contributed by atoms with Crippen LogP contribution in [0.2, 0.25) is 0 Å². The van der Waals surface area contributed by atoms with E-state index in [1.807, 2.05) is 81.4 Å². The fraction of sp³-hybridized carbons (Fsp3) is 0.536. The van der Waals surface area contributed by atoms with E-state index in [0.29, 0.717) is 66.3 Å². The average molecular weight is 1360 g/mol. The van der Waals surface area contributed by atoms with Gasteiger partial charge in [-0.3, -0.25) is 55.1 Å². The number of aromatic nitrogens is 3. The van der Waals surface area contributed by atoms with Crippen LogP contribution in [0.1, 0.15) is 203 Å². The number of anilines is 1. The smallest absolute Gasteiger partial charge is 0.268 e. The van der Waals surface area contributed by atoms with Crippen LogP contribution >= 0.6 is 58.6 Å². The molecule has 9 rings (SSSR count). The van der Waals surface area contributed by atoms with Crippen molar-refractivity contribution in [3.8, 4) is 0 Å². The van der Waals surface area contributed by atoms with Gasteiger partial charge in [0, 0.05) is 69.6 Å². The molecule has 4 aromatic carbocycles. The molecule has 91 heavy (non-hydrogen) atoms. The maximum absolute atomic E-state index is 12.3. The van der Waals surface area contributed by atoms with Crippen molar-refractivity contribution in [2.45, 2.75) is 209 Å². The number of sulfonamides is 1. The summed E-state index contributed by atoms with van der Waals surface area (Å²) in [7, 11) is -3.38. The summed E-state index contributed by atoms with van der Waals surface area (Å²) >= 11 is 11.3. The van der Waals surface area contributed by atoms with Crippen molar-refractivity contribution in [1.29, 1.82) is 0 Å². The Labute approximate surface area is 561 Å². The number of thioether (sulfide) groups is 1. The van der Waals surface area contributed by atoms with Crippen molar-refractivity contribution in [3.63, 3.8) is 0 Å². The minimum atomic E-state index is -3.38. The Morgan fingerprint density at radius 2 is 1.08 bits per heavy atom. The maximum Gasteiger partial charge on any atom is 0.268 e. The second-order valence-corrected chi connectivity index (χ2v) is 29.8. The van der Waals surface area contributed by atoms with Crippen LogP contribution in [-0.2, 0) is 39.2 Å². The van der Waals surface area contributed by atoms with Crippen molar-refractivity contribution < 1.29 is 27.6 Å². The Morgan fingerprint density at radius 3 is 1.58 bits per heavy atom. The third-order valence-corrected chi connectivity index (χ3v) is 22.2. The normalized spacial score (nSPS) is 13.5. The van der Waals surface area contributed by atoms with E-state index in [4.69, 9.17) is 12.2 Å². The van der Waals surface area contributed by atoms with Crippen molar-refractivity contribution in [1.82, 2.24) is 27.0 Å². The van der Waals surface area contributed by atoms with E-state index < -0.39 is 10.0 Å². The summed E-state index contributed by atoms with van der Waals surface area (Å²) < 4.78 is 36.2. The highest BCUT2D eigenvalue weighted by atomic mass is 32.2. The van der Waals surface area contributed by atoms with Crippen molar-refractivity contribution in [2.24, 2.45) is 0 Å². The van der Waals surface area contributed by atoms with Crippen LogP contribution in [0.4, 0.5) is 5.69 Å². The van der Waals surface area contributed by atoms with E-state index >= 15 is 0 Å². The molecule has 0 radical (unpaired) electrons. The molecule has 0 saturated carbocycles. The highest BCUT2D eigenvalue weighted by Crippen LogP contribution is 2.29. The number of nitrogens with zero attached hydrogens (tertiary/aromatic N) is 5. The number of ketones is 1. The molecule has 1 unspecified atom stereocenters. The van der Waals surface area contributed by atoms with E-state index in [9.17, 15) is 42.0 Å². The van der Waals surface area contributed by atoms with Crippen LogP contribution in [0, 0.1) is 6.92 Å². The van der Waals surface area contributed by atoms with Crippen LogP contribution in [0.25, 0.3) is 30.3 Å². The quantitative estimate of drug-likeness (QED) is 0.0237. The van der Waals surface area contributed by atoms with Gasteiger partial charge in [-0.25, -0.2) is 8.42 Å². The molecule has 0 aliphatic carbocycles. The molecule has 16 nitrogen and oxygen atoms in total. The summed E-state index contributed by atoms with van der Waals surface area (Å²) in [5.41, 5.74) is 2.54. The van der Waals surface area contributed by atoms with Gasteiger partial charge < -0.3 is 10.2 Å². The number of rotatable bonds is 31. The number of thiocarbonyl (C=S) groups is 1. The third-order valence-electron chi connectivity index (χ3n) is 15.7. The number of hydrogen-bond acceptors (Lipinski definition) is 14. The van der Waals surface area contributed by atoms with Gasteiger partial charge in [0.2, 0.25) is 15.9 Å². The maximum atomic E-state index is 12.3. The lowest BCUT2D eigenvalue weighted by Gasteiger charge is -2.13. The number of unbranched alkanes of at least 4 members (excludes halogenated alkanes) is 16. The summed E-state index contributed by atoms with van der Waals surface area (Å²) in [6.07, 6.45) is 23.2. The van der Waals surface area contributed by atoms with Crippen LogP contribution in [0.15, 0.2) is 99.3 Å². The van der Waals surface area contributed by atoms with Crippen molar-refractivity contribution in [2.75, 3.05) is 36.7 Å². The Balaban J connectivity index is 0.000000214. The number of hydrogen-bond donors (Lipinski definition) is 2. The molecular weight excluding hydrogens is 1260 g/mol. The molecule has 1 atom stereocenters. The molecule has 2 aliphatic rings. The van der Waals surface area contributed by atoms with Gasteiger partial charge in [0.1, 0.15) is 10.1 Å². The summed E-state index contributed by atoms with van der Waals surface area (Å²) in [5.74, 6) is 0.0898. The first kappa shape index (κ1) is 75.9. The minimum Gasteiger partial charge on any atom is -0.357 e. The lowest BCUT2D eigenvalue weighted by atomic mass is 10.0. The summed E-state index contributed by atoms with van der Waals surface area (Å²) in [6, 6.07) is 25.8. The standard InChI is InChI=1S/C21H34N2O3S2.C17H32N2OS2.C11H11NO2S.C11H11NO2.C9H9NOS/c1-3-5-6-7-8-9-10-11-12-13-16-28(25,26)22-18-14-15-20-19(17-18)21(24)23(4-2)27-20;1-3-5-6-7-8-9-10-11-12-18-16(20)13-15-14-19(4-2)17(21)22-15;1-8(13)6-7-12-11(14)9-4-2-3-5-10(9)15-12;1-3-12-10(13)8-6-4-5-7(2)9(8)11(12)14;1-2-10-9(11)7-5-3-4-6-8(7)12-10/h14-15,17,22H,3-13,16H2,1-2H3;15H,3-14H2,1-2H3,(H,18,20);2-5H,6-7H2,1H3;4-6H,3H2,1-2H3;3-6H,2H2,1H3. The highest BCUT2D eigenvalue weighted by Gasteiger charge is 2.35. The highest BCUT2D eigenvalue weighted by molar-refractivity contribution is 8.23. The van der Waals surface area contributed by atoms with Crippen LogP contribution < -0.4 is 26.7 Å². The Bertz CT molecular complexity index is 3750. The second kappa shape index (κ2) is 40.4. The molecule has 22 heteroatoms. The van der Waals surface area contributed by atoms with Crippen LogP contribution in [-0.4, -0.2) is 95.1 Å². The van der Waals surface area contributed by atoms with Gasteiger partial charge in [0.25, 0.3) is 28.5 Å². The largest absolute Gasteiger partial charge is 0.357 e. The van der Waals surface area contributed by atoms with Gasteiger partial charge in [0.15, 0.2) is 0 Å². The molecule has 1 fully saturated rings. The molecule has 3 amide bonds. The Morgan fingerprint density at radius 1 is 0.571 bits per heavy atom. The number of aryl methyl sites for hydroxylation is 4. The lowest BCUT2D eigenvalue weighted by Crippen LogP contribution is -2.29. The van der Waals surface area contributed by atoms with E-state index in [1.54, 1.807) is 61.7 Å². The van der Waals surface area contributed by atoms with Crippen molar-refractivity contribution >= 4 is 132 Å². The number of imide groups is 1. The summed E-state index contributed by atoms with van der Waals surface area (Å²) in [5, 5.41) is 5.55. The number of carbonyl (C=O) groups is 4. The van der Waals surface area contributed by atoms with E-state index in [-0.39, 0.29) is 45.9 Å². The van der Waals surface area contributed by atoms with Gasteiger partial charge in [-0.1, -0.05) is 212 Å².